The Kier molecular flexibility index (Phi) is 5.98. The number of nitrogens with zero attached hydrogens (tertiary/aromatic N) is 2. The van der Waals surface area contributed by atoms with E-state index in [1.54, 1.807) is 12.1 Å². The standard InChI is InChI=1S/C19H15N2O2.BrH/c22-21(23)18-11-9-17(10-12-18)19(20-13-5-2-6-14-20)15-16-7-3-1-4-8-16;/h1-15H;1H/q+1;/p-1/b19-15+;. The first-order valence-corrected chi connectivity index (χ1v) is 7.22. The molecule has 0 aliphatic rings. The van der Waals surface area contributed by atoms with Gasteiger partial charge in [0.05, 0.1) is 4.92 Å². The van der Waals surface area contributed by atoms with Crippen LogP contribution in [-0.4, -0.2) is 4.92 Å². The molecule has 0 fully saturated rings. The Balaban J connectivity index is 0.00000208. The van der Waals surface area contributed by atoms with E-state index in [-0.39, 0.29) is 27.6 Å². The van der Waals surface area contributed by atoms with Gasteiger partial charge in [0.15, 0.2) is 12.4 Å². The number of hydrogen-bond donors (Lipinski definition) is 0. The fourth-order valence-corrected chi connectivity index (χ4v) is 2.33. The van der Waals surface area contributed by atoms with E-state index in [4.69, 9.17) is 0 Å². The number of non-ortho nitro benzene ring substituents is 1. The molecule has 5 heteroatoms. The molecular formula is C19H15BrN2O2. The maximum absolute atomic E-state index is 10.8. The lowest BCUT2D eigenvalue weighted by atomic mass is 10.1. The number of nitro benzene ring substituents is 1. The fourth-order valence-electron chi connectivity index (χ4n) is 2.33. The summed E-state index contributed by atoms with van der Waals surface area (Å²) in [7, 11) is 0. The fraction of sp³-hybridized carbons (Fsp3) is 0. The summed E-state index contributed by atoms with van der Waals surface area (Å²) in [5.41, 5.74) is 3.02. The Morgan fingerprint density at radius 3 is 2.04 bits per heavy atom. The molecule has 0 spiro atoms. The average molecular weight is 383 g/mol. The van der Waals surface area contributed by atoms with Crippen LogP contribution >= 0.6 is 0 Å². The average Bonchev–Trinajstić information content (AvgIpc) is 2.61. The predicted octanol–water partition coefficient (Wildman–Crippen LogP) is 0.933. The number of rotatable bonds is 4. The Morgan fingerprint density at radius 2 is 1.46 bits per heavy atom. The van der Waals surface area contributed by atoms with Crippen molar-refractivity contribution in [3.05, 3.63) is 106 Å². The number of halogens is 1. The minimum absolute atomic E-state index is 0. The molecule has 0 N–H and O–H groups in total. The van der Waals surface area contributed by atoms with Crippen molar-refractivity contribution in [1.29, 1.82) is 0 Å². The Labute approximate surface area is 150 Å². The van der Waals surface area contributed by atoms with Crippen molar-refractivity contribution in [3.8, 4) is 0 Å². The van der Waals surface area contributed by atoms with Gasteiger partial charge in [-0.3, -0.25) is 10.1 Å². The summed E-state index contributed by atoms with van der Waals surface area (Å²) in [5.74, 6) is 0. The number of aromatic nitrogens is 1. The van der Waals surface area contributed by atoms with Crippen LogP contribution in [0.1, 0.15) is 11.1 Å². The highest BCUT2D eigenvalue weighted by atomic mass is 79.9. The molecule has 4 nitrogen and oxygen atoms in total. The normalized spacial score (nSPS) is 10.8. The van der Waals surface area contributed by atoms with Gasteiger partial charge in [-0.05, 0) is 17.7 Å². The number of pyridine rings is 1. The number of benzene rings is 2. The van der Waals surface area contributed by atoms with Gasteiger partial charge < -0.3 is 17.0 Å². The summed E-state index contributed by atoms with van der Waals surface area (Å²) in [6.45, 7) is 0. The molecule has 0 unspecified atom stereocenters. The summed E-state index contributed by atoms with van der Waals surface area (Å²) in [6.07, 6.45) is 5.97. The highest BCUT2D eigenvalue weighted by Crippen LogP contribution is 2.19. The van der Waals surface area contributed by atoms with Crippen LogP contribution in [0, 0.1) is 10.1 Å². The first kappa shape index (κ1) is 17.6. The van der Waals surface area contributed by atoms with Crippen LogP contribution in [0.4, 0.5) is 5.69 Å². The van der Waals surface area contributed by atoms with Crippen LogP contribution in [0.5, 0.6) is 0 Å². The van der Waals surface area contributed by atoms with Crippen molar-refractivity contribution in [2.24, 2.45) is 0 Å². The summed E-state index contributed by atoms with van der Waals surface area (Å²) < 4.78 is 1.99. The molecule has 0 atom stereocenters. The summed E-state index contributed by atoms with van der Waals surface area (Å²) in [4.78, 5) is 10.4. The second-order valence-electron chi connectivity index (χ2n) is 5.03. The van der Waals surface area contributed by atoms with E-state index in [1.165, 1.54) is 12.1 Å². The number of nitro groups is 1. The molecule has 0 aliphatic heterocycles. The lowest BCUT2D eigenvalue weighted by Gasteiger charge is -2.03. The molecule has 0 aliphatic carbocycles. The maximum Gasteiger partial charge on any atom is 0.269 e. The molecule has 0 saturated heterocycles. The van der Waals surface area contributed by atoms with Gasteiger partial charge in [-0.15, -0.1) is 0 Å². The van der Waals surface area contributed by atoms with Gasteiger partial charge in [0, 0.05) is 35.9 Å². The first-order chi connectivity index (χ1) is 11.2. The first-order valence-electron chi connectivity index (χ1n) is 7.22. The minimum atomic E-state index is -0.389. The zero-order valence-electron chi connectivity index (χ0n) is 12.7. The van der Waals surface area contributed by atoms with Crippen molar-refractivity contribution in [2.75, 3.05) is 0 Å². The van der Waals surface area contributed by atoms with Crippen molar-refractivity contribution < 1.29 is 26.5 Å². The maximum atomic E-state index is 10.8. The summed E-state index contributed by atoms with van der Waals surface area (Å²) in [5, 5.41) is 10.8. The zero-order valence-corrected chi connectivity index (χ0v) is 14.3. The summed E-state index contributed by atoms with van der Waals surface area (Å²) >= 11 is 0. The van der Waals surface area contributed by atoms with Gasteiger partial charge in [-0.1, -0.05) is 36.4 Å². The number of hydrogen-bond acceptors (Lipinski definition) is 2. The monoisotopic (exact) mass is 382 g/mol. The van der Waals surface area contributed by atoms with Gasteiger partial charge in [0.2, 0.25) is 5.70 Å². The largest absolute Gasteiger partial charge is 1.00 e. The second kappa shape index (κ2) is 8.17. The third kappa shape index (κ3) is 4.14. The third-order valence-corrected chi connectivity index (χ3v) is 3.47. The molecular weight excluding hydrogens is 368 g/mol. The smallest absolute Gasteiger partial charge is 0.269 e. The SMILES string of the molecule is O=[N+]([O-])c1ccc(/C(=C\c2ccccc2)[n+]2ccccc2)cc1.[Br-]. The van der Waals surface area contributed by atoms with E-state index in [2.05, 4.69) is 6.08 Å². The van der Waals surface area contributed by atoms with Crippen LogP contribution < -0.4 is 21.5 Å². The summed E-state index contributed by atoms with van der Waals surface area (Å²) in [6, 6.07) is 22.4. The van der Waals surface area contributed by atoms with Crippen molar-refractivity contribution in [2.45, 2.75) is 0 Å². The van der Waals surface area contributed by atoms with E-state index in [1.807, 2.05) is 65.5 Å². The topological polar surface area (TPSA) is 47.0 Å². The van der Waals surface area contributed by atoms with Crippen LogP contribution in [0.2, 0.25) is 0 Å². The van der Waals surface area contributed by atoms with Gasteiger partial charge in [-0.2, -0.15) is 4.57 Å². The van der Waals surface area contributed by atoms with Crippen molar-refractivity contribution in [1.82, 2.24) is 0 Å². The van der Waals surface area contributed by atoms with E-state index < -0.39 is 0 Å². The van der Waals surface area contributed by atoms with Gasteiger partial charge >= 0.3 is 0 Å². The van der Waals surface area contributed by atoms with Gasteiger partial charge in [-0.25, -0.2) is 0 Å². The Bertz CT molecular complexity index is 832. The van der Waals surface area contributed by atoms with Crippen molar-refractivity contribution in [3.63, 3.8) is 0 Å². The molecule has 1 heterocycles. The van der Waals surface area contributed by atoms with E-state index in [0.29, 0.717) is 0 Å². The molecule has 2 aromatic carbocycles. The quantitative estimate of drug-likeness (QED) is 0.291. The molecule has 24 heavy (non-hydrogen) atoms. The van der Waals surface area contributed by atoms with Crippen LogP contribution in [0.25, 0.3) is 11.8 Å². The Morgan fingerprint density at radius 1 is 0.875 bits per heavy atom. The van der Waals surface area contributed by atoms with Crippen LogP contribution in [0.3, 0.4) is 0 Å². The molecule has 120 valence electrons. The highest BCUT2D eigenvalue weighted by molar-refractivity contribution is 5.76. The highest BCUT2D eigenvalue weighted by Gasteiger charge is 2.14. The zero-order chi connectivity index (χ0) is 16.1. The lowest BCUT2D eigenvalue weighted by molar-refractivity contribution is -0.578. The van der Waals surface area contributed by atoms with Gasteiger partial charge in [0.1, 0.15) is 0 Å². The third-order valence-electron chi connectivity index (χ3n) is 3.47. The van der Waals surface area contributed by atoms with E-state index >= 15 is 0 Å². The van der Waals surface area contributed by atoms with E-state index in [9.17, 15) is 10.1 Å². The lowest BCUT2D eigenvalue weighted by Crippen LogP contribution is -3.00. The molecule has 3 rings (SSSR count). The van der Waals surface area contributed by atoms with E-state index in [0.717, 1.165) is 16.8 Å². The molecule has 0 amide bonds. The van der Waals surface area contributed by atoms with Gasteiger partial charge in [0.25, 0.3) is 5.69 Å². The molecule has 0 saturated carbocycles. The molecule has 0 bridgehead atoms. The van der Waals surface area contributed by atoms with Crippen molar-refractivity contribution >= 4 is 17.5 Å². The van der Waals surface area contributed by atoms with Crippen LogP contribution in [0.15, 0.2) is 85.2 Å². The molecule has 1 aromatic heterocycles. The Hall–Kier alpha value is -2.79. The van der Waals surface area contributed by atoms with Crippen LogP contribution in [-0.2, 0) is 0 Å². The predicted molar refractivity (Wildman–Crippen MR) is 89.4 cm³/mol. The molecule has 0 radical (unpaired) electrons. The minimum Gasteiger partial charge on any atom is -1.00 e. The second-order valence-corrected chi connectivity index (χ2v) is 5.03. The molecule has 3 aromatic rings.